The molecule has 1 heterocycles. The van der Waals surface area contributed by atoms with Crippen LogP contribution in [0.1, 0.15) is 181 Å². The highest BCUT2D eigenvalue weighted by Gasteiger charge is 2.44. The van der Waals surface area contributed by atoms with Gasteiger partial charge in [0.1, 0.15) is 24.4 Å². The lowest BCUT2D eigenvalue weighted by Crippen LogP contribution is -2.60. The Labute approximate surface area is 347 Å². The van der Waals surface area contributed by atoms with Gasteiger partial charge in [-0.2, -0.15) is 0 Å². The van der Waals surface area contributed by atoms with E-state index in [2.05, 4.69) is 79.9 Å². The van der Waals surface area contributed by atoms with Crippen LogP contribution in [0.15, 0.2) is 60.8 Å². The third kappa shape index (κ3) is 28.9. The first kappa shape index (κ1) is 52.9. The molecule has 1 amide bonds. The minimum Gasteiger partial charge on any atom is -0.394 e. The SMILES string of the molecule is CC/C=C\C/C=C\C/C=C\C/C=C\C/C=C\CCCCCCCC(=O)NC(COC1OC(CO)C(O)C(O)C1O)C(O)CCCCCCCCCCCCCCC. The zero-order valence-electron chi connectivity index (χ0n) is 36.1. The Morgan fingerprint density at radius 1 is 0.614 bits per heavy atom. The molecule has 1 rings (SSSR count). The maximum Gasteiger partial charge on any atom is 0.220 e. The predicted molar refractivity (Wildman–Crippen MR) is 235 cm³/mol. The van der Waals surface area contributed by atoms with E-state index in [4.69, 9.17) is 9.47 Å². The van der Waals surface area contributed by atoms with Gasteiger partial charge < -0.3 is 40.3 Å². The van der Waals surface area contributed by atoms with Gasteiger partial charge in [-0.05, 0) is 57.8 Å². The van der Waals surface area contributed by atoms with Crippen molar-refractivity contribution in [3.63, 3.8) is 0 Å². The number of ether oxygens (including phenoxy) is 2. The molecule has 7 unspecified atom stereocenters. The first-order chi connectivity index (χ1) is 27.8. The molecule has 0 bridgehead atoms. The molecule has 1 aliphatic rings. The summed E-state index contributed by atoms with van der Waals surface area (Å²) in [7, 11) is 0. The second kappa shape index (κ2) is 38.1. The number of hydrogen-bond acceptors (Lipinski definition) is 8. The highest BCUT2D eigenvalue weighted by molar-refractivity contribution is 5.76. The number of rotatable bonds is 37. The van der Waals surface area contributed by atoms with Crippen LogP contribution in [-0.2, 0) is 14.3 Å². The Bertz CT molecular complexity index is 1070. The summed E-state index contributed by atoms with van der Waals surface area (Å²) in [6.07, 6.45) is 42.2. The maximum atomic E-state index is 13.0. The van der Waals surface area contributed by atoms with E-state index in [1.807, 2.05) is 0 Å². The van der Waals surface area contributed by atoms with Gasteiger partial charge in [-0.3, -0.25) is 4.79 Å². The quantitative estimate of drug-likeness (QED) is 0.0269. The van der Waals surface area contributed by atoms with Gasteiger partial charge in [-0.1, -0.05) is 177 Å². The van der Waals surface area contributed by atoms with E-state index in [0.29, 0.717) is 12.8 Å². The van der Waals surface area contributed by atoms with Crippen molar-refractivity contribution >= 4 is 5.91 Å². The molecule has 1 aliphatic heterocycles. The zero-order chi connectivity index (χ0) is 41.6. The Hall–Kier alpha value is -2.11. The van der Waals surface area contributed by atoms with Crippen molar-refractivity contribution in [2.75, 3.05) is 13.2 Å². The molecule has 0 aliphatic carbocycles. The Kier molecular flexibility index (Phi) is 35.4. The van der Waals surface area contributed by atoms with Gasteiger partial charge in [0, 0.05) is 6.42 Å². The van der Waals surface area contributed by atoms with Crippen LogP contribution in [-0.4, -0.2) is 87.5 Å². The monoisotopic (exact) mass is 804 g/mol. The summed E-state index contributed by atoms with van der Waals surface area (Å²) in [6, 6.07) is -0.731. The van der Waals surface area contributed by atoms with Crippen LogP contribution >= 0.6 is 0 Å². The molecule has 1 saturated heterocycles. The summed E-state index contributed by atoms with van der Waals surface area (Å²) in [5, 5.41) is 54.3. The number of nitrogens with one attached hydrogen (secondary N) is 1. The smallest absolute Gasteiger partial charge is 0.220 e. The third-order valence-electron chi connectivity index (χ3n) is 10.6. The molecule has 9 nitrogen and oxygen atoms in total. The fourth-order valence-corrected chi connectivity index (χ4v) is 6.95. The number of aliphatic hydroxyl groups excluding tert-OH is 5. The largest absolute Gasteiger partial charge is 0.394 e. The van der Waals surface area contributed by atoms with Crippen LogP contribution < -0.4 is 5.32 Å². The molecule has 330 valence electrons. The molecule has 0 aromatic rings. The summed E-state index contributed by atoms with van der Waals surface area (Å²) in [4.78, 5) is 13.0. The summed E-state index contributed by atoms with van der Waals surface area (Å²) in [6.45, 7) is 3.69. The summed E-state index contributed by atoms with van der Waals surface area (Å²) in [5.41, 5.74) is 0. The fourth-order valence-electron chi connectivity index (χ4n) is 6.95. The minimum absolute atomic E-state index is 0.149. The van der Waals surface area contributed by atoms with Crippen molar-refractivity contribution < 1.29 is 39.8 Å². The number of carbonyl (C=O) groups is 1. The van der Waals surface area contributed by atoms with Crippen LogP contribution in [0.3, 0.4) is 0 Å². The van der Waals surface area contributed by atoms with E-state index in [1.165, 1.54) is 64.2 Å². The predicted octanol–water partition coefficient (Wildman–Crippen LogP) is 9.61. The zero-order valence-corrected chi connectivity index (χ0v) is 36.1. The summed E-state index contributed by atoms with van der Waals surface area (Å²) in [5.74, 6) is -0.166. The van der Waals surface area contributed by atoms with E-state index in [-0.39, 0.29) is 12.5 Å². The van der Waals surface area contributed by atoms with Crippen molar-refractivity contribution in [2.24, 2.45) is 0 Å². The van der Waals surface area contributed by atoms with Gasteiger partial charge in [0.2, 0.25) is 5.91 Å². The van der Waals surface area contributed by atoms with Crippen LogP contribution in [0.5, 0.6) is 0 Å². The number of aliphatic hydroxyl groups is 5. The molecule has 6 N–H and O–H groups in total. The maximum absolute atomic E-state index is 13.0. The highest BCUT2D eigenvalue weighted by atomic mass is 16.7. The Balaban J connectivity index is 2.34. The third-order valence-corrected chi connectivity index (χ3v) is 10.6. The lowest BCUT2D eigenvalue weighted by atomic mass is 9.99. The van der Waals surface area contributed by atoms with E-state index in [1.54, 1.807) is 0 Å². The number of amides is 1. The average Bonchev–Trinajstić information content (AvgIpc) is 3.21. The molecule has 0 aromatic carbocycles. The van der Waals surface area contributed by atoms with Crippen LogP contribution in [0.2, 0.25) is 0 Å². The molecule has 7 atom stereocenters. The first-order valence-electron chi connectivity index (χ1n) is 23.0. The van der Waals surface area contributed by atoms with Crippen LogP contribution in [0.25, 0.3) is 0 Å². The Morgan fingerprint density at radius 3 is 1.61 bits per heavy atom. The number of unbranched alkanes of at least 4 members (excludes halogenated alkanes) is 17. The molecular weight excluding hydrogens is 719 g/mol. The van der Waals surface area contributed by atoms with Crippen LogP contribution in [0, 0.1) is 0 Å². The van der Waals surface area contributed by atoms with Crippen molar-refractivity contribution in [3.8, 4) is 0 Å². The average molecular weight is 804 g/mol. The second-order valence-corrected chi connectivity index (χ2v) is 15.8. The fraction of sp³-hybridized carbons (Fsp3) is 0.771. The van der Waals surface area contributed by atoms with Crippen molar-refractivity contribution in [2.45, 2.75) is 224 Å². The molecular formula is C48H85NO8. The molecule has 0 aromatic heterocycles. The number of allylic oxidation sites excluding steroid dienone is 10. The summed E-state index contributed by atoms with van der Waals surface area (Å²) < 4.78 is 11.2. The minimum atomic E-state index is -1.56. The highest BCUT2D eigenvalue weighted by Crippen LogP contribution is 2.23. The molecule has 9 heteroatoms. The van der Waals surface area contributed by atoms with Gasteiger partial charge in [0.15, 0.2) is 6.29 Å². The number of carbonyl (C=O) groups excluding carboxylic acids is 1. The van der Waals surface area contributed by atoms with Crippen LogP contribution in [0.4, 0.5) is 0 Å². The molecule has 0 spiro atoms. The van der Waals surface area contributed by atoms with Crippen molar-refractivity contribution in [1.29, 1.82) is 0 Å². The standard InChI is InChI=1S/C48H85NO8/c1-3-5-7-9-11-13-15-17-18-19-20-21-22-23-24-26-28-30-32-34-36-38-44(52)49-41(40-56-48-47(55)46(54)45(53)43(39-50)57-48)42(51)37-35-33-31-29-27-25-16-14-12-10-8-6-4-2/h5,7,11,13,17-18,20-21,23-24,41-43,45-48,50-51,53-55H,3-4,6,8-10,12,14-16,19,22,25-40H2,1-2H3,(H,49,52)/b7-5-,13-11-,18-17-,21-20-,24-23-. The van der Waals surface area contributed by atoms with E-state index >= 15 is 0 Å². The van der Waals surface area contributed by atoms with Gasteiger partial charge in [-0.15, -0.1) is 0 Å². The topological polar surface area (TPSA) is 149 Å². The summed E-state index contributed by atoms with van der Waals surface area (Å²) >= 11 is 0. The number of hydrogen-bond donors (Lipinski definition) is 6. The van der Waals surface area contributed by atoms with Gasteiger partial charge >= 0.3 is 0 Å². The molecule has 57 heavy (non-hydrogen) atoms. The normalized spacial score (nSPS) is 21.6. The van der Waals surface area contributed by atoms with Crippen molar-refractivity contribution in [1.82, 2.24) is 5.32 Å². The second-order valence-electron chi connectivity index (χ2n) is 15.8. The van der Waals surface area contributed by atoms with E-state index < -0.39 is 49.5 Å². The Morgan fingerprint density at radius 2 is 1.09 bits per heavy atom. The molecule has 0 radical (unpaired) electrons. The van der Waals surface area contributed by atoms with Gasteiger partial charge in [-0.25, -0.2) is 0 Å². The first-order valence-corrected chi connectivity index (χ1v) is 23.0. The van der Waals surface area contributed by atoms with Gasteiger partial charge in [0.25, 0.3) is 0 Å². The molecule has 0 saturated carbocycles. The lowest BCUT2D eigenvalue weighted by Gasteiger charge is -2.40. The van der Waals surface area contributed by atoms with Crippen molar-refractivity contribution in [3.05, 3.63) is 60.8 Å². The van der Waals surface area contributed by atoms with Gasteiger partial charge in [0.05, 0.1) is 25.4 Å². The van der Waals surface area contributed by atoms with E-state index in [9.17, 15) is 30.3 Å². The lowest BCUT2D eigenvalue weighted by molar-refractivity contribution is -0.302. The van der Waals surface area contributed by atoms with E-state index in [0.717, 1.165) is 89.9 Å². The molecule has 1 fully saturated rings.